The van der Waals surface area contributed by atoms with E-state index in [1.165, 1.54) is 4.31 Å². The fraction of sp³-hybridized carbons (Fsp3) is 0.143. The summed E-state index contributed by atoms with van der Waals surface area (Å²) >= 11 is 8.25. The van der Waals surface area contributed by atoms with Crippen molar-refractivity contribution >= 4 is 44.2 Å². The van der Waals surface area contributed by atoms with Gasteiger partial charge in [0.15, 0.2) is 0 Å². The molecule has 1 unspecified atom stereocenters. The molecule has 0 amide bonds. The Labute approximate surface area is 136 Å². The van der Waals surface area contributed by atoms with Crippen molar-refractivity contribution in [1.82, 2.24) is 4.31 Å². The van der Waals surface area contributed by atoms with Crippen molar-refractivity contribution in [3.05, 3.63) is 62.2 Å². The van der Waals surface area contributed by atoms with Gasteiger partial charge in [-0.2, -0.15) is 4.31 Å². The molecule has 0 spiro atoms. The van der Waals surface area contributed by atoms with Crippen molar-refractivity contribution in [3.8, 4) is 0 Å². The van der Waals surface area contributed by atoms with Gasteiger partial charge in [0.1, 0.15) is 0 Å². The molecule has 6 heteroatoms. The average Bonchev–Trinajstić information content (AvgIpc) is 2.57. The summed E-state index contributed by atoms with van der Waals surface area (Å²) in [5.74, 6) is 0. The van der Waals surface area contributed by atoms with E-state index < -0.39 is 10.0 Å². The van der Waals surface area contributed by atoms with Crippen LogP contribution in [0.25, 0.3) is 0 Å². The third-order valence-corrected chi connectivity index (χ3v) is 6.25. The van der Waals surface area contributed by atoms with E-state index in [1.807, 2.05) is 24.3 Å². The molecule has 0 aliphatic carbocycles. The largest absolute Gasteiger partial charge is 0.244 e. The van der Waals surface area contributed by atoms with Gasteiger partial charge in [-0.3, -0.25) is 0 Å². The normalized spacial score (nSPS) is 20.9. The van der Waals surface area contributed by atoms with E-state index in [9.17, 15) is 8.42 Å². The molecule has 0 saturated heterocycles. The Balaban J connectivity index is 2.26. The molecule has 3 nitrogen and oxygen atoms in total. The first kappa shape index (κ1) is 14.3. The fourth-order valence-electron chi connectivity index (χ4n) is 2.52. The van der Waals surface area contributed by atoms with Crippen molar-refractivity contribution in [2.75, 3.05) is 7.05 Å². The molecule has 20 heavy (non-hydrogen) atoms. The zero-order valence-electron chi connectivity index (χ0n) is 10.5. The summed E-state index contributed by atoms with van der Waals surface area (Å²) in [7, 11) is -1.83. The van der Waals surface area contributed by atoms with E-state index in [2.05, 4.69) is 22.6 Å². The summed E-state index contributed by atoms with van der Waals surface area (Å²) in [6.45, 7) is 0. The Kier molecular flexibility index (Phi) is 3.56. The Morgan fingerprint density at radius 3 is 2.65 bits per heavy atom. The molecule has 1 aliphatic heterocycles. The van der Waals surface area contributed by atoms with Crippen LogP contribution in [0.15, 0.2) is 47.4 Å². The highest BCUT2D eigenvalue weighted by atomic mass is 127. The molecule has 104 valence electrons. The lowest BCUT2D eigenvalue weighted by atomic mass is 9.99. The predicted molar refractivity (Wildman–Crippen MR) is 87.4 cm³/mol. The first-order valence-electron chi connectivity index (χ1n) is 5.94. The summed E-state index contributed by atoms with van der Waals surface area (Å²) in [4.78, 5) is 0.341. The van der Waals surface area contributed by atoms with Crippen LogP contribution < -0.4 is 0 Å². The number of nitrogens with zero attached hydrogens (tertiary/aromatic N) is 1. The maximum absolute atomic E-state index is 12.4. The number of fused-ring (bicyclic) bond motifs is 1. The molecule has 1 atom stereocenters. The van der Waals surface area contributed by atoms with Gasteiger partial charge < -0.3 is 0 Å². The molecule has 2 aromatic carbocycles. The molecule has 1 heterocycles. The van der Waals surface area contributed by atoms with E-state index in [0.717, 1.165) is 14.7 Å². The quantitative estimate of drug-likeness (QED) is 0.662. The number of rotatable bonds is 1. The second-order valence-corrected chi connectivity index (χ2v) is 8.31. The first-order chi connectivity index (χ1) is 9.41. The van der Waals surface area contributed by atoms with Gasteiger partial charge in [0, 0.05) is 15.6 Å². The lowest BCUT2D eigenvalue weighted by Gasteiger charge is -2.19. The van der Waals surface area contributed by atoms with Crippen LogP contribution in [0.1, 0.15) is 17.2 Å². The molecular weight excluding hydrogens is 409 g/mol. The number of hydrogen-bond acceptors (Lipinski definition) is 2. The topological polar surface area (TPSA) is 37.4 Å². The van der Waals surface area contributed by atoms with Crippen LogP contribution in [0.2, 0.25) is 5.02 Å². The highest BCUT2D eigenvalue weighted by Gasteiger charge is 2.40. The van der Waals surface area contributed by atoms with Gasteiger partial charge in [-0.25, -0.2) is 8.42 Å². The van der Waals surface area contributed by atoms with Gasteiger partial charge in [0.25, 0.3) is 0 Å². The SMILES string of the molecule is CN1C(c2cccc(I)c2)c2cc(Cl)ccc2S1(=O)=O. The van der Waals surface area contributed by atoms with Gasteiger partial charge in [-0.1, -0.05) is 23.7 Å². The smallest absolute Gasteiger partial charge is 0.207 e. The lowest BCUT2D eigenvalue weighted by Crippen LogP contribution is -2.24. The van der Waals surface area contributed by atoms with Crippen molar-refractivity contribution in [1.29, 1.82) is 0 Å². The molecule has 2 aromatic rings. The Hall–Kier alpha value is -0.630. The zero-order valence-corrected chi connectivity index (χ0v) is 14.3. The Morgan fingerprint density at radius 1 is 1.20 bits per heavy atom. The monoisotopic (exact) mass is 419 g/mol. The van der Waals surface area contributed by atoms with Gasteiger partial charge in [-0.05, 0) is 64.0 Å². The summed E-state index contributed by atoms with van der Waals surface area (Å²) in [6, 6.07) is 12.5. The Morgan fingerprint density at radius 2 is 1.95 bits per heavy atom. The van der Waals surface area contributed by atoms with E-state index in [4.69, 9.17) is 11.6 Å². The molecule has 3 rings (SSSR count). The van der Waals surface area contributed by atoms with Crippen LogP contribution in [0.3, 0.4) is 0 Å². The number of halogens is 2. The summed E-state index contributed by atoms with van der Waals surface area (Å²) in [6.07, 6.45) is 0. The lowest BCUT2D eigenvalue weighted by molar-refractivity contribution is 0.440. The minimum Gasteiger partial charge on any atom is -0.207 e. The third kappa shape index (κ3) is 2.16. The number of hydrogen-bond donors (Lipinski definition) is 0. The fourth-order valence-corrected chi connectivity index (χ4v) is 4.80. The van der Waals surface area contributed by atoms with Crippen LogP contribution in [0.5, 0.6) is 0 Å². The van der Waals surface area contributed by atoms with E-state index in [0.29, 0.717) is 9.92 Å². The molecule has 1 aliphatic rings. The first-order valence-corrected chi connectivity index (χ1v) is 8.84. The summed E-state index contributed by atoms with van der Waals surface area (Å²) in [5, 5.41) is 0.546. The molecule has 0 bridgehead atoms. The van der Waals surface area contributed by atoms with Crippen molar-refractivity contribution in [2.45, 2.75) is 10.9 Å². The molecule has 0 N–H and O–H groups in total. The average molecular weight is 420 g/mol. The molecule has 0 saturated carbocycles. The molecule has 0 radical (unpaired) electrons. The second kappa shape index (κ2) is 4.98. The maximum Gasteiger partial charge on any atom is 0.244 e. The zero-order chi connectivity index (χ0) is 14.5. The van der Waals surface area contributed by atoms with Crippen molar-refractivity contribution < 1.29 is 8.42 Å². The van der Waals surface area contributed by atoms with E-state index >= 15 is 0 Å². The summed E-state index contributed by atoms with van der Waals surface area (Å²) in [5.41, 5.74) is 1.69. The van der Waals surface area contributed by atoms with Crippen LogP contribution in [0, 0.1) is 3.57 Å². The highest BCUT2D eigenvalue weighted by molar-refractivity contribution is 14.1. The highest BCUT2D eigenvalue weighted by Crippen LogP contribution is 2.43. The minimum atomic E-state index is -3.44. The Bertz CT molecular complexity index is 792. The van der Waals surface area contributed by atoms with E-state index in [-0.39, 0.29) is 6.04 Å². The second-order valence-electron chi connectivity index (χ2n) is 4.66. The molecule has 0 fully saturated rings. The molecule has 0 aromatic heterocycles. The van der Waals surface area contributed by atoms with Crippen LogP contribution in [-0.4, -0.2) is 19.8 Å². The number of benzene rings is 2. The minimum absolute atomic E-state index is 0.316. The van der Waals surface area contributed by atoms with Crippen LogP contribution >= 0.6 is 34.2 Å². The van der Waals surface area contributed by atoms with E-state index in [1.54, 1.807) is 25.2 Å². The van der Waals surface area contributed by atoms with Gasteiger partial charge in [0.2, 0.25) is 10.0 Å². The number of sulfonamides is 1. The summed E-state index contributed by atoms with van der Waals surface area (Å²) < 4.78 is 27.4. The van der Waals surface area contributed by atoms with Crippen LogP contribution in [-0.2, 0) is 10.0 Å². The van der Waals surface area contributed by atoms with Gasteiger partial charge in [-0.15, -0.1) is 0 Å². The predicted octanol–water partition coefficient (Wildman–Crippen LogP) is 3.67. The third-order valence-electron chi connectivity index (χ3n) is 3.45. The van der Waals surface area contributed by atoms with Crippen molar-refractivity contribution in [2.24, 2.45) is 0 Å². The van der Waals surface area contributed by atoms with Crippen molar-refractivity contribution in [3.63, 3.8) is 0 Å². The molecular formula is C14H11ClINO2S. The maximum atomic E-state index is 12.4. The van der Waals surface area contributed by atoms with Crippen LogP contribution in [0.4, 0.5) is 0 Å². The standard InChI is InChI=1S/C14H11ClINO2S/c1-17-14(9-3-2-4-11(16)7-9)12-8-10(15)5-6-13(12)20(17,18)19/h2-8,14H,1H3. The van der Waals surface area contributed by atoms with Gasteiger partial charge >= 0.3 is 0 Å². The van der Waals surface area contributed by atoms with Gasteiger partial charge in [0.05, 0.1) is 10.9 Å².